The Labute approximate surface area is 118 Å². The van der Waals surface area contributed by atoms with Crippen molar-refractivity contribution in [1.82, 2.24) is 5.32 Å². The van der Waals surface area contributed by atoms with Crippen molar-refractivity contribution in [3.05, 3.63) is 24.3 Å². The van der Waals surface area contributed by atoms with Gasteiger partial charge >= 0.3 is 0 Å². The van der Waals surface area contributed by atoms with Crippen molar-refractivity contribution < 1.29 is 9.53 Å². The van der Waals surface area contributed by atoms with Gasteiger partial charge in [0.1, 0.15) is 11.3 Å². The summed E-state index contributed by atoms with van der Waals surface area (Å²) in [6.45, 7) is 0. The number of nitrogens with one attached hydrogen (secondary N) is 1. The molecule has 0 heterocycles. The van der Waals surface area contributed by atoms with Crippen molar-refractivity contribution >= 4 is 17.7 Å². The number of carbonyl (C=O) groups is 1. The van der Waals surface area contributed by atoms with Crippen LogP contribution in [0.4, 0.5) is 0 Å². The quantitative estimate of drug-likeness (QED) is 0.745. The molecule has 19 heavy (non-hydrogen) atoms. The van der Waals surface area contributed by atoms with Crippen LogP contribution in [0, 0.1) is 5.92 Å². The second kappa shape index (κ2) is 5.84. The summed E-state index contributed by atoms with van der Waals surface area (Å²) in [5, 5.41) is 3.15. The van der Waals surface area contributed by atoms with E-state index in [1.807, 2.05) is 31.3 Å². The minimum atomic E-state index is -0.590. The average Bonchev–Trinajstić information content (AvgIpc) is 3.25. The number of methoxy groups -OCH3 is 1. The van der Waals surface area contributed by atoms with E-state index in [0.29, 0.717) is 11.7 Å². The number of hydrogen-bond acceptors (Lipinski definition) is 4. The zero-order chi connectivity index (χ0) is 13.9. The Balaban J connectivity index is 2.08. The Morgan fingerprint density at radius 1 is 1.58 bits per heavy atom. The number of nitrogens with two attached hydrogens (primary N) is 1. The van der Waals surface area contributed by atoms with Crippen LogP contribution in [0.25, 0.3) is 0 Å². The third-order valence-electron chi connectivity index (χ3n) is 3.67. The molecule has 1 saturated carbocycles. The van der Waals surface area contributed by atoms with Gasteiger partial charge in [-0.15, -0.1) is 11.8 Å². The number of amides is 1. The van der Waals surface area contributed by atoms with Gasteiger partial charge in [-0.25, -0.2) is 0 Å². The molecule has 4 nitrogen and oxygen atoms in total. The fourth-order valence-corrected chi connectivity index (χ4v) is 3.54. The maximum Gasteiger partial charge on any atom is 0.238 e. The van der Waals surface area contributed by atoms with Crippen molar-refractivity contribution in [3.8, 4) is 5.75 Å². The summed E-state index contributed by atoms with van der Waals surface area (Å²) in [6, 6.07) is 7.84. The van der Waals surface area contributed by atoms with Crippen LogP contribution in [-0.4, -0.2) is 31.4 Å². The Kier molecular flexibility index (Phi) is 4.37. The molecule has 1 aliphatic rings. The Bertz CT molecular complexity index is 463. The number of benzene rings is 1. The molecule has 0 aromatic heterocycles. The minimum absolute atomic E-state index is 0.257. The lowest BCUT2D eigenvalue weighted by Gasteiger charge is -2.30. The predicted molar refractivity (Wildman–Crippen MR) is 77.4 cm³/mol. The highest BCUT2D eigenvalue weighted by molar-refractivity contribution is 7.99. The van der Waals surface area contributed by atoms with Gasteiger partial charge in [0.05, 0.1) is 7.11 Å². The standard InChI is InChI=1S/C14H20N2O2S/c1-16-14(13(15)17,10-6-7-10)9-19-12-5-3-4-11(8-12)18-2/h3-5,8,10,16H,6-7,9H2,1-2H3,(H2,15,17). The fourth-order valence-electron chi connectivity index (χ4n) is 2.25. The summed E-state index contributed by atoms with van der Waals surface area (Å²) in [6.07, 6.45) is 2.14. The molecule has 3 N–H and O–H groups in total. The molecule has 0 spiro atoms. The summed E-state index contributed by atoms with van der Waals surface area (Å²) < 4.78 is 5.20. The molecular weight excluding hydrogens is 260 g/mol. The van der Waals surface area contributed by atoms with Crippen molar-refractivity contribution in [3.63, 3.8) is 0 Å². The number of hydrogen-bond donors (Lipinski definition) is 2. The minimum Gasteiger partial charge on any atom is -0.497 e. The van der Waals surface area contributed by atoms with Crippen LogP contribution in [-0.2, 0) is 4.79 Å². The van der Waals surface area contributed by atoms with E-state index < -0.39 is 5.54 Å². The van der Waals surface area contributed by atoms with E-state index in [1.54, 1.807) is 18.9 Å². The molecule has 0 saturated heterocycles. The van der Waals surface area contributed by atoms with E-state index in [-0.39, 0.29) is 5.91 Å². The van der Waals surface area contributed by atoms with Gasteiger partial charge in [0.25, 0.3) is 0 Å². The van der Waals surface area contributed by atoms with Crippen LogP contribution in [0.5, 0.6) is 5.75 Å². The van der Waals surface area contributed by atoms with Gasteiger partial charge in [-0.3, -0.25) is 4.79 Å². The van der Waals surface area contributed by atoms with Crippen LogP contribution >= 0.6 is 11.8 Å². The van der Waals surface area contributed by atoms with Crippen LogP contribution in [0.1, 0.15) is 12.8 Å². The van der Waals surface area contributed by atoms with Gasteiger partial charge in [0, 0.05) is 10.6 Å². The molecule has 1 fully saturated rings. The second-order valence-electron chi connectivity index (χ2n) is 4.83. The van der Waals surface area contributed by atoms with Crippen LogP contribution < -0.4 is 15.8 Å². The number of rotatable bonds is 7. The molecule has 2 rings (SSSR count). The van der Waals surface area contributed by atoms with Gasteiger partial charge in [-0.2, -0.15) is 0 Å². The Morgan fingerprint density at radius 2 is 2.32 bits per heavy atom. The zero-order valence-electron chi connectivity index (χ0n) is 11.3. The lowest BCUT2D eigenvalue weighted by Crippen LogP contribution is -2.57. The normalized spacial score (nSPS) is 17.8. The molecule has 1 aliphatic carbocycles. The number of thioether (sulfide) groups is 1. The summed E-state index contributed by atoms with van der Waals surface area (Å²) in [4.78, 5) is 12.9. The van der Waals surface area contributed by atoms with Crippen LogP contribution in [0.15, 0.2) is 29.2 Å². The van der Waals surface area contributed by atoms with Gasteiger partial charge in [-0.1, -0.05) is 6.07 Å². The van der Waals surface area contributed by atoms with E-state index in [1.165, 1.54) is 0 Å². The molecule has 5 heteroatoms. The van der Waals surface area contributed by atoms with Crippen LogP contribution in [0.3, 0.4) is 0 Å². The van der Waals surface area contributed by atoms with Gasteiger partial charge in [-0.05, 0) is 44.0 Å². The highest BCUT2D eigenvalue weighted by atomic mass is 32.2. The maximum absolute atomic E-state index is 11.8. The summed E-state index contributed by atoms with van der Waals surface area (Å²) in [7, 11) is 3.46. The average molecular weight is 280 g/mol. The first-order chi connectivity index (χ1) is 9.12. The van der Waals surface area contributed by atoms with Gasteiger partial charge in [0.15, 0.2) is 0 Å². The smallest absolute Gasteiger partial charge is 0.238 e. The summed E-state index contributed by atoms with van der Waals surface area (Å²) in [5.74, 6) is 1.59. The first-order valence-corrected chi connectivity index (χ1v) is 7.36. The molecule has 1 aromatic rings. The largest absolute Gasteiger partial charge is 0.497 e. The molecule has 1 amide bonds. The third-order valence-corrected chi connectivity index (χ3v) is 4.85. The molecule has 0 radical (unpaired) electrons. The third kappa shape index (κ3) is 3.04. The van der Waals surface area contributed by atoms with Crippen molar-refractivity contribution in [2.75, 3.05) is 19.9 Å². The fraction of sp³-hybridized carbons (Fsp3) is 0.500. The molecule has 1 aromatic carbocycles. The lowest BCUT2D eigenvalue weighted by atomic mass is 9.95. The van der Waals surface area contributed by atoms with E-state index in [0.717, 1.165) is 23.5 Å². The van der Waals surface area contributed by atoms with E-state index in [9.17, 15) is 4.79 Å². The highest BCUT2D eigenvalue weighted by Crippen LogP contribution is 2.42. The highest BCUT2D eigenvalue weighted by Gasteiger charge is 2.48. The van der Waals surface area contributed by atoms with E-state index in [2.05, 4.69) is 5.32 Å². The number of carbonyl (C=O) groups excluding carboxylic acids is 1. The van der Waals surface area contributed by atoms with E-state index in [4.69, 9.17) is 10.5 Å². The molecular formula is C14H20N2O2S. The number of primary amides is 1. The SMILES string of the molecule is CNC(CSc1cccc(OC)c1)(C(N)=O)C1CC1. The number of ether oxygens (including phenoxy) is 1. The summed E-state index contributed by atoms with van der Waals surface area (Å²) >= 11 is 1.63. The topological polar surface area (TPSA) is 64.3 Å². The molecule has 0 aliphatic heterocycles. The zero-order valence-corrected chi connectivity index (χ0v) is 12.1. The monoisotopic (exact) mass is 280 g/mol. The second-order valence-corrected chi connectivity index (χ2v) is 5.88. The Hall–Kier alpha value is -1.20. The van der Waals surface area contributed by atoms with E-state index >= 15 is 0 Å². The van der Waals surface area contributed by atoms with Gasteiger partial charge < -0.3 is 15.8 Å². The number of likely N-dealkylation sites (N-methyl/N-ethyl adjacent to an activating group) is 1. The predicted octanol–water partition coefficient (Wildman–Crippen LogP) is 1.64. The van der Waals surface area contributed by atoms with Crippen LogP contribution in [0.2, 0.25) is 0 Å². The molecule has 104 valence electrons. The maximum atomic E-state index is 11.8. The lowest BCUT2D eigenvalue weighted by molar-refractivity contribution is -0.124. The van der Waals surface area contributed by atoms with Gasteiger partial charge in [0.2, 0.25) is 5.91 Å². The van der Waals surface area contributed by atoms with Crippen molar-refractivity contribution in [2.24, 2.45) is 11.7 Å². The summed E-state index contributed by atoms with van der Waals surface area (Å²) in [5.41, 5.74) is 5.01. The molecule has 1 unspecified atom stereocenters. The first kappa shape index (κ1) is 14.2. The van der Waals surface area contributed by atoms with Crippen molar-refractivity contribution in [1.29, 1.82) is 0 Å². The Morgan fingerprint density at radius 3 is 2.84 bits per heavy atom. The molecule has 0 bridgehead atoms. The van der Waals surface area contributed by atoms with Crippen molar-refractivity contribution in [2.45, 2.75) is 23.3 Å². The molecule has 1 atom stereocenters. The first-order valence-electron chi connectivity index (χ1n) is 6.38.